The van der Waals surface area contributed by atoms with Crippen LogP contribution in [0.15, 0.2) is 18.2 Å². The minimum atomic E-state index is -0.117. The maximum absolute atomic E-state index is 12.4. The van der Waals surface area contributed by atoms with E-state index in [1.807, 2.05) is 4.90 Å². The second kappa shape index (κ2) is 6.28. The monoisotopic (exact) mass is 327 g/mol. The number of carbonyl (C=O) groups is 1. The number of carbonyl (C=O) groups excluding carboxylic acids is 1. The summed E-state index contributed by atoms with van der Waals surface area (Å²) in [6, 6.07) is 4.73. The Balaban J connectivity index is 2.12. The lowest BCUT2D eigenvalue weighted by Crippen LogP contribution is -2.28. The van der Waals surface area contributed by atoms with Gasteiger partial charge in [-0.2, -0.15) is 0 Å². The fraction of sp³-hybridized carbons (Fsp3) is 0.500. The Hall–Kier alpha value is -1.23. The van der Waals surface area contributed by atoms with Crippen molar-refractivity contribution in [3.63, 3.8) is 0 Å². The van der Waals surface area contributed by atoms with Gasteiger partial charge in [0.15, 0.2) is 0 Å². The zero-order chi connectivity index (χ0) is 13.8. The fourth-order valence-electron chi connectivity index (χ4n) is 2.39. The van der Waals surface area contributed by atoms with Crippen LogP contribution < -0.4 is 4.74 Å². The van der Waals surface area contributed by atoms with Gasteiger partial charge in [0, 0.05) is 18.4 Å². The third kappa shape index (κ3) is 3.21. The topological polar surface area (TPSA) is 49.8 Å². The summed E-state index contributed by atoms with van der Waals surface area (Å²) in [5.74, 6) is 1.02. The second-order valence-corrected chi connectivity index (χ2v) is 5.56. The maximum Gasteiger partial charge on any atom is 0.257 e. The standard InChI is InChI=1S/C14H18BrNO3/c1-19-11-2-3-13(17)12(8-11)14(18)16-7-5-10(9-16)4-6-15/h2-3,8,10,17H,4-7,9H2,1H3. The fourth-order valence-corrected chi connectivity index (χ4v) is 3.04. The Kier molecular flexibility index (Phi) is 4.69. The lowest BCUT2D eigenvalue weighted by molar-refractivity contribution is 0.0783. The summed E-state index contributed by atoms with van der Waals surface area (Å²) < 4.78 is 5.09. The molecule has 4 nitrogen and oxygen atoms in total. The van der Waals surface area contributed by atoms with Gasteiger partial charge < -0.3 is 14.7 Å². The Bertz CT molecular complexity index is 464. The van der Waals surface area contributed by atoms with Crippen LogP contribution in [0, 0.1) is 5.92 Å². The Morgan fingerprint density at radius 3 is 3.05 bits per heavy atom. The number of hydrogen-bond donors (Lipinski definition) is 1. The molecule has 1 atom stereocenters. The van der Waals surface area contributed by atoms with Gasteiger partial charge >= 0.3 is 0 Å². The van der Waals surface area contributed by atoms with Crippen molar-refractivity contribution in [3.8, 4) is 11.5 Å². The number of benzene rings is 1. The van der Waals surface area contributed by atoms with Crippen molar-refractivity contribution in [1.82, 2.24) is 4.90 Å². The summed E-state index contributed by atoms with van der Waals surface area (Å²) in [4.78, 5) is 14.2. The first-order valence-electron chi connectivity index (χ1n) is 6.38. The van der Waals surface area contributed by atoms with Crippen molar-refractivity contribution in [2.24, 2.45) is 5.92 Å². The Morgan fingerprint density at radius 1 is 1.58 bits per heavy atom. The van der Waals surface area contributed by atoms with Crippen LogP contribution in [0.25, 0.3) is 0 Å². The van der Waals surface area contributed by atoms with E-state index in [-0.39, 0.29) is 11.7 Å². The third-order valence-corrected chi connectivity index (χ3v) is 3.98. The van der Waals surface area contributed by atoms with Crippen LogP contribution in [0.4, 0.5) is 0 Å². The van der Waals surface area contributed by atoms with Gasteiger partial charge in [0.1, 0.15) is 11.5 Å². The summed E-state index contributed by atoms with van der Waals surface area (Å²) in [6.45, 7) is 1.52. The van der Waals surface area contributed by atoms with Crippen LogP contribution in [0.1, 0.15) is 23.2 Å². The molecule has 1 N–H and O–H groups in total. The SMILES string of the molecule is COc1ccc(O)c(C(=O)N2CCC(CCBr)C2)c1. The lowest BCUT2D eigenvalue weighted by Gasteiger charge is -2.17. The normalized spacial score (nSPS) is 18.6. The van der Waals surface area contributed by atoms with Crippen LogP contribution in [-0.4, -0.2) is 41.4 Å². The number of aromatic hydroxyl groups is 1. The van der Waals surface area contributed by atoms with E-state index >= 15 is 0 Å². The molecule has 1 fully saturated rings. The summed E-state index contributed by atoms with van der Waals surface area (Å²) in [5.41, 5.74) is 0.318. The zero-order valence-corrected chi connectivity index (χ0v) is 12.5. The Morgan fingerprint density at radius 2 is 2.37 bits per heavy atom. The molecule has 1 aliphatic rings. The molecule has 0 aromatic heterocycles. The molecule has 0 bridgehead atoms. The quantitative estimate of drug-likeness (QED) is 0.865. The third-order valence-electron chi connectivity index (χ3n) is 3.52. The average Bonchev–Trinajstić information content (AvgIpc) is 2.88. The first-order chi connectivity index (χ1) is 9.15. The molecule has 104 valence electrons. The van der Waals surface area contributed by atoms with Gasteiger partial charge in [0.05, 0.1) is 12.7 Å². The van der Waals surface area contributed by atoms with Crippen LogP contribution in [-0.2, 0) is 0 Å². The van der Waals surface area contributed by atoms with Crippen molar-refractivity contribution in [1.29, 1.82) is 0 Å². The van der Waals surface area contributed by atoms with Crippen LogP contribution in [0.3, 0.4) is 0 Å². The summed E-state index contributed by atoms with van der Waals surface area (Å²) in [7, 11) is 1.54. The van der Waals surface area contributed by atoms with Gasteiger partial charge in [-0.15, -0.1) is 0 Å². The maximum atomic E-state index is 12.4. The molecule has 0 spiro atoms. The molecule has 19 heavy (non-hydrogen) atoms. The number of phenolic OH excluding ortho intramolecular Hbond substituents is 1. The van der Waals surface area contributed by atoms with E-state index in [1.165, 1.54) is 6.07 Å². The highest BCUT2D eigenvalue weighted by Crippen LogP contribution is 2.27. The number of rotatable bonds is 4. The van der Waals surface area contributed by atoms with Crippen LogP contribution >= 0.6 is 15.9 Å². The largest absolute Gasteiger partial charge is 0.507 e. The number of likely N-dealkylation sites (tertiary alicyclic amines) is 1. The smallest absolute Gasteiger partial charge is 0.257 e. The number of alkyl halides is 1. The summed E-state index contributed by atoms with van der Waals surface area (Å²) in [6.07, 6.45) is 2.11. The molecule has 0 radical (unpaired) electrons. The molecule has 0 saturated carbocycles. The Labute approximate surface area is 121 Å². The predicted octanol–water partition coefficient (Wildman–Crippen LogP) is 2.65. The highest BCUT2D eigenvalue weighted by molar-refractivity contribution is 9.09. The zero-order valence-electron chi connectivity index (χ0n) is 10.9. The van der Waals surface area contributed by atoms with E-state index in [0.29, 0.717) is 17.2 Å². The summed E-state index contributed by atoms with van der Waals surface area (Å²) in [5, 5.41) is 10.8. The first kappa shape index (κ1) is 14.2. The van der Waals surface area contributed by atoms with Gasteiger partial charge in [-0.1, -0.05) is 15.9 Å². The van der Waals surface area contributed by atoms with E-state index in [9.17, 15) is 9.90 Å². The second-order valence-electron chi connectivity index (χ2n) is 4.77. The molecule has 1 aliphatic heterocycles. The van der Waals surface area contributed by atoms with E-state index in [1.54, 1.807) is 19.2 Å². The van der Waals surface area contributed by atoms with Crippen molar-refractivity contribution in [2.45, 2.75) is 12.8 Å². The van der Waals surface area contributed by atoms with Crippen molar-refractivity contribution in [3.05, 3.63) is 23.8 Å². The number of ether oxygens (including phenoxy) is 1. The van der Waals surface area contributed by atoms with E-state index in [0.717, 1.165) is 31.3 Å². The van der Waals surface area contributed by atoms with E-state index in [4.69, 9.17) is 4.74 Å². The molecule has 5 heteroatoms. The minimum absolute atomic E-state index is 0.00902. The average molecular weight is 328 g/mol. The molecule has 1 aromatic carbocycles. The number of amides is 1. The number of halogens is 1. The molecule has 1 aromatic rings. The molecule has 1 heterocycles. The minimum Gasteiger partial charge on any atom is -0.507 e. The van der Waals surface area contributed by atoms with E-state index < -0.39 is 0 Å². The van der Waals surface area contributed by atoms with Gasteiger partial charge in [-0.25, -0.2) is 0 Å². The highest BCUT2D eigenvalue weighted by atomic mass is 79.9. The molecule has 2 rings (SSSR count). The molecule has 0 aliphatic carbocycles. The molecule has 1 saturated heterocycles. The van der Waals surface area contributed by atoms with Crippen LogP contribution in [0.5, 0.6) is 11.5 Å². The number of nitrogens with zero attached hydrogens (tertiary/aromatic N) is 1. The number of hydrogen-bond acceptors (Lipinski definition) is 3. The number of phenols is 1. The van der Waals surface area contributed by atoms with Gasteiger partial charge in [-0.3, -0.25) is 4.79 Å². The molecular formula is C14H18BrNO3. The van der Waals surface area contributed by atoms with Crippen molar-refractivity contribution in [2.75, 3.05) is 25.5 Å². The van der Waals surface area contributed by atoms with Gasteiger partial charge in [0.2, 0.25) is 0 Å². The summed E-state index contributed by atoms with van der Waals surface area (Å²) >= 11 is 3.43. The first-order valence-corrected chi connectivity index (χ1v) is 7.50. The highest BCUT2D eigenvalue weighted by Gasteiger charge is 2.27. The van der Waals surface area contributed by atoms with Crippen molar-refractivity contribution < 1.29 is 14.6 Å². The predicted molar refractivity (Wildman–Crippen MR) is 77.1 cm³/mol. The van der Waals surface area contributed by atoms with Crippen LogP contribution in [0.2, 0.25) is 0 Å². The molecule has 1 amide bonds. The molecule has 1 unspecified atom stereocenters. The van der Waals surface area contributed by atoms with Gasteiger partial charge in [-0.05, 0) is 37.0 Å². The van der Waals surface area contributed by atoms with Crippen molar-refractivity contribution >= 4 is 21.8 Å². The lowest BCUT2D eigenvalue weighted by atomic mass is 10.1. The molecular weight excluding hydrogens is 310 g/mol. The van der Waals surface area contributed by atoms with Gasteiger partial charge in [0.25, 0.3) is 5.91 Å². The number of methoxy groups -OCH3 is 1. The van der Waals surface area contributed by atoms with E-state index in [2.05, 4.69) is 15.9 Å².